The van der Waals surface area contributed by atoms with Crippen molar-refractivity contribution in [2.75, 3.05) is 0 Å². The van der Waals surface area contributed by atoms with Gasteiger partial charge in [0, 0.05) is 20.2 Å². The van der Waals surface area contributed by atoms with Gasteiger partial charge in [0.25, 0.3) is 0 Å². The SMILES string of the molecule is C=C(C)C(=O)OCc1ccc(-c2cccs2)s1. The Hall–Kier alpha value is -1.39. The van der Waals surface area contributed by atoms with E-state index in [0.29, 0.717) is 12.2 Å². The van der Waals surface area contributed by atoms with E-state index < -0.39 is 0 Å². The van der Waals surface area contributed by atoms with Crippen LogP contribution in [0.2, 0.25) is 0 Å². The molecule has 0 bridgehead atoms. The molecule has 0 unspecified atom stereocenters. The molecule has 2 aromatic heterocycles. The monoisotopic (exact) mass is 264 g/mol. The third-order valence-electron chi connectivity index (χ3n) is 2.12. The van der Waals surface area contributed by atoms with E-state index in [-0.39, 0.29) is 5.97 Å². The van der Waals surface area contributed by atoms with E-state index in [9.17, 15) is 4.79 Å². The lowest BCUT2D eigenvalue weighted by Crippen LogP contribution is -2.03. The maximum absolute atomic E-state index is 11.2. The molecular formula is C13H12O2S2. The Balaban J connectivity index is 2.00. The van der Waals surface area contributed by atoms with Gasteiger partial charge in [-0.25, -0.2) is 4.79 Å². The number of ether oxygens (including phenoxy) is 1. The van der Waals surface area contributed by atoms with E-state index >= 15 is 0 Å². The van der Waals surface area contributed by atoms with Gasteiger partial charge in [0.2, 0.25) is 0 Å². The van der Waals surface area contributed by atoms with E-state index in [1.54, 1.807) is 29.6 Å². The number of rotatable bonds is 4. The van der Waals surface area contributed by atoms with Crippen LogP contribution in [-0.2, 0) is 16.1 Å². The third kappa shape index (κ3) is 3.05. The first kappa shape index (κ1) is 12.1. The Morgan fingerprint density at radius 2 is 2.18 bits per heavy atom. The molecule has 0 saturated carbocycles. The van der Waals surface area contributed by atoms with Crippen LogP contribution in [-0.4, -0.2) is 5.97 Å². The van der Waals surface area contributed by atoms with Crippen molar-refractivity contribution in [2.24, 2.45) is 0 Å². The van der Waals surface area contributed by atoms with Crippen molar-refractivity contribution in [3.8, 4) is 9.75 Å². The molecule has 2 aromatic rings. The van der Waals surface area contributed by atoms with Crippen molar-refractivity contribution in [1.82, 2.24) is 0 Å². The van der Waals surface area contributed by atoms with Crippen LogP contribution in [0.3, 0.4) is 0 Å². The first-order chi connectivity index (χ1) is 8.16. The molecule has 2 rings (SSSR count). The second kappa shape index (κ2) is 5.29. The molecule has 0 atom stereocenters. The number of carbonyl (C=O) groups is 1. The summed E-state index contributed by atoms with van der Waals surface area (Å²) in [5, 5.41) is 2.05. The van der Waals surface area contributed by atoms with Gasteiger partial charge >= 0.3 is 5.97 Å². The molecule has 2 nitrogen and oxygen atoms in total. The van der Waals surface area contributed by atoms with Crippen LogP contribution in [0, 0.1) is 0 Å². The highest BCUT2D eigenvalue weighted by molar-refractivity contribution is 7.21. The van der Waals surface area contributed by atoms with Crippen molar-refractivity contribution in [3.05, 3.63) is 46.7 Å². The minimum atomic E-state index is -0.337. The Labute approximate surface area is 108 Å². The average Bonchev–Trinajstić information content (AvgIpc) is 2.95. The topological polar surface area (TPSA) is 26.3 Å². The molecule has 0 aromatic carbocycles. The lowest BCUT2D eigenvalue weighted by molar-refractivity contribution is -0.140. The zero-order valence-electron chi connectivity index (χ0n) is 9.43. The summed E-state index contributed by atoms with van der Waals surface area (Å²) in [5.41, 5.74) is 0.431. The van der Waals surface area contributed by atoms with Gasteiger partial charge in [-0.3, -0.25) is 0 Å². The summed E-state index contributed by atoms with van der Waals surface area (Å²) in [6, 6.07) is 8.16. The first-order valence-corrected chi connectivity index (χ1v) is 6.81. The van der Waals surface area contributed by atoms with E-state index in [4.69, 9.17) is 4.74 Å². The minimum Gasteiger partial charge on any atom is -0.457 e. The van der Waals surface area contributed by atoms with Crippen molar-refractivity contribution >= 4 is 28.6 Å². The van der Waals surface area contributed by atoms with Crippen LogP contribution < -0.4 is 0 Å². The number of esters is 1. The Bertz CT molecular complexity index is 523. The smallest absolute Gasteiger partial charge is 0.333 e. The van der Waals surface area contributed by atoms with Gasteiger partial charge in [0.15, 0.2) is 0 Å². The molecule has 0 saturated heterocycles. The lowest BCUT2D eigenvalue weighted by atomic mass is 10.3. The molecule has 0 aliphatic rings. The highest BCUT2D eigenvalue weighted by Crippen LogP contribution is 2.31. The van der Waals surface area contributed by atoms with Crippen LogP contribution >= 0.6 is 22.7 Å². The molecule has 0 amide bonds. The molecule has 17 heavy (non-hydrogen) atoms. The number of carbonyl (C=O) groups excluding carboxylic acids is 1. The highest BCUT2D eigenvalue weighted by atomic mass is 32.1. The van der Waals surface area contributed by atoms with Crippen molar-refractivity contribution < 1.29 is 9.53 Å². The summed E-state index contributed by atoms with van der Waals surface area (Å²) in [4.78, 5) is 14.7. The van der Waals surface area contributed by atoms with E-state index in [0.717, 1.165) is 4.88 Å². The fourth-order valence-electron chi connectivity index (χ4n) is 1.27. The molecular weight excluding hydrogens is 252 g/mol. The predicted octanol–water partition coefficient (Wildman–Crippen LogP) is 4.10. The second-order valence-electron chi connectivity index (χ2n) is 3.60. The predicted molar refractivity (Wildman–Crippen MR) is 72.2 cm³/mol. The summed E-state index contributed by atoms with van der Waals surface area (Å²) in [6.45, 7) is 5.51. The van der Waals surface area contributed by atoms with Gasteiger partial charge in [0.1, 0.15) is 6.61 Å². The Morgan fingerprint density at radius 1 is 1.35 bits per heavy atom. The van der Waals surface area contributed by atoms with Crippen LogP contribution in [0.1, 0.15) is 11.8 Å². The quantitative estimate of drug-likeness (QED) is 0.614. The van der Waals surface area contributed by atoms with E-state index in [1.807, 2.05) is 12.1 Å². The lowest BCUT2D eigenvalue weighted by Gasteiger charge is -2.01. The summed E-state index contributed by atoms with van der Waals surface area (Å²) >= 11 is 3.36. The molecule has 4 heteroatoms. The number of thiophene rings is 2. The molecule has 0 spiro atoms. The van der Waals surface area contributed by atoms with Crippen LogP contribution in [0.5, 0.6) is 0 Å². The Morgan fingerprint density at radius 3 is 2.82 bits per heavy atom. The molecule has 0 aliphatic carbocycles. The number of hydrogen-bond donors (Lipinski definition) is 0. The summed E-state index contributed by atoms with van der Waals surface area (Å²) in [6.07, 6.45) is 0. The van der Waals surface area contributed by atoms with Gasteiger partial charge in [-0.15, -0.1) is 22.7 Å². The van der Waals surface area contributed by atoms with Gasteiger partial charge in [-0.1, -0.05) is 12.6 Å². The van der Waals surface area contributed by atoms with Crippen molar-refractivity contribution in [1.29, 1.82) is 0 Å². The van der Waals surface area contributed by atoms with Crippen molar-refractivity contribution in [3.63, 3.8) is 0 Å². The van der Waals surface area contributed by atoms with Gasteiger partial charge in [0.05, 0.1) is 0 Å². The highest BCUT2D eigenvalue weighted by Gasteiger charge is 2.07. The van der Waals surface area contributed by atoms with Gasteiger partial charge in [-0.05, 0) is 30.5 Å². The fourth-order valence-corrected chi connectivity index (χ4v) is 3.02. The van der Waals surface area contributed by atoms with Crippen LogP contribution in [0.25, 0.3) is 9.75 Å². The first-order valence-electron chi connectivity index (χ1n) is 5.12. The normalized spacial score (nSPS) is 10.2. The van der Waals surface area contributed by atoms with Gasteiger partial charge < -0.3 is 4.74 Å². The maximum Gasteiger partial charge on any atom is 0.333 e. The summed E-state index contributed by atoms with van der Waals surface area (Å²) < 4.78 is 5.10. The summed E-state index contributed by atoms with van der Waals surface area (Å²) in [7, 11) is 0. The average molecular weight is 264 g/mol. The number of hydrogen-bond acceptors (Lipinski definition) is 4. The van der Waals surface area contributed by atoms with E-state index in [2.05, 4.69) is 24.1 Å². The fraction of sp³-hybridized carbons (Fsp3) is 0.154. The minimum absolute atomic E-state index is 0.321. The van der Waals surface area contributed by atoms with Crippen LogP contribution in [0.15, 0.2) is 41.8 Å². The molecule has 0 aliphatic heterocycles. The maximum atomic E-state index is 11.2. The molecule has 0 radical (unpaired) electrons. The standard InChI is InChI=1S/C13H12O2S2/c1-9(2)13(14)15-8-10-5-6-12(17-10)11-4-3-7-16-11/h3-7H,1,8H2,2H3. The molecule has 2 heterocycles. The Kier molecular flexibility index (Phi) is 3.76. The third-order valence-corrected chi connectivity index (χ3v) is 4.24. The van der Waals surface area contributed by atoms with E-state index in [1.165, 1.54) is 9.75 Å². The molecule has 88 valence electrons. The second-order valence-corrected chi connectivity index (χ2v) is 5.72. The molecule has 0 N–H and O–H groups in total. The largest absolute Gasteiger partial charge is 0.457 e. The van der Waals surface area contributed by atoms with Crippen molar-refractivity contribution in [2.45, 2.75) is 13.5 Å². The zero-order valence-corrected chi connectivity index (χ0v) is 11.1. The van der Waals surface area contributed by atoms with Crippen LogP contribution in [0.4, 0.5) is 0 Å². The molecule has 0 fully saturated rings. The van der Waals surface area contributed by atoms with Gasteiger partial charge in [-0.2, -0.15) is 0 Å². The zero-order chi connectivity index (χ0) is 12.3. The summed E-state index contributed by atoms with van der Waals surface area (Å²) in [5.74, 6) is -0.337.